The molecule has 0 aromatic heterocycles. The van der Waals surface area contributed by atoms with Crippen LogP contribution in [0.4, 0.5) is 0 Å². The Balaban J connectivity index is 2.53. The van der Waals surface area contributed by atoms with Gasteiger partial charge in [0, 0.05) is 11.1 Å². The van der Waals surface area contributed by atoms with Gasteiger partial charge in [0.15, 0.2) is 0 Å². The number of hydrogen-bond acceptors (Lipinski definition) is 2. The summed E-state index contributed by atoms with van der Waals surface area (Å²) in [6, 6.07) is 7.24. The fraction of sp³-hybridized carbons (Fsp3) is 0.308. The number of esters is 1. The number of benzene rings is 1. The summed E-state index contributed by atoms with van der Waals surface area (Å²) in [5.74, 6) is -0.315. The summed E-state index contributed by atoms with van der Waals surface area (Å²) in [5, 5.41) is 0.680. The molecule has 86 valence electrons. The molecule has 0 fully saturated rings. The highest BCUT2D eigenvalue weighted by Gasteiger charge is 2.02. The molecule has 1 aromatic carbocycles. The molecule has 0 aliphatic heterocycles. The summed E-state index contributed by atoms with van der Waals surface area (Å²) in [6.45, 7) is 3.84. The Hall–Kier alpha value is -1.28. The van der Waals surface area contributed by atoms with Crippen LogP contribution in [0.5, 0.6) is 0 Å². The first-order valence-corrected chi connectivity index (χ1v) is 5.64. The van der Waals surface area contributed by atoms with Crippen molar-refractivity contribution in [1.82, 2.24) is 0 Å². The van der Waals surface area contributed by atoms with Crippen LogP contribution in [-0.2, 0) is 9.53 Å². The molecule has 0 amide bonds. The maximum absolute atomic E-state index is 11.3. The van der Waals surface area contributed by atoms with Crippen LogP contribution in [0.2, 0.25) is 5.02 Å². The lowest BCUT2D eigenvalue weighted by atomic mass is 10.2. The third-order valence-corrected chi connectivity index (χ3v) is 2.43. The Bertz CT molecular complexity index is 368. The van der Waals surface area contributed by atoms with Crippen LogP contribution in [0.25, 0.3) is 6.08 Å². The van der Waals surface area contributed by atoms with Gasteiger partial charge in [0.2, 0.25) is 0 Å². The van der Waals surface area contributed by atoms with Crippen LogP contribution >= 0.6 is 11.6 Å². The van der Waals surface area contributed by atoms with Crippen LogP contribution in [0.15, 0.2) is 30.3 Å². The summed E-state index contributed by atoms with van der Waals surface area (Å²) >= 11 is 5.75. The number of carbonyl (C=O) groups excluding carboxylic acids is 1. The van der Waals surface area contributed by atoms with Gasteiger partial charge in [-0.25, -0.2) is 4.79 Å². The molecule has 1 unspecified atom stereocenters. The van der Waals surface area contributed by atoms with Crippen LogP contribution in [0, 0.1) is 0 Å². The molecule has 1 rings (SSSR count). The molecule has 16 heavy (non-hydrogen) atoms. The van der Waals surface area contributed by atoms with E-state index in [4.69, 9.17) is 16.3 Å². The van der Waals surface area contributed by atoms with E-state index < -0.39 is 0 Å². The Morgan fingerprint density at radius 3 is 2.62 bits per heavy atom. The molecule has 0 N–H and O–H groups in total. The Morgan fingerprint density at radius 2 is 2.06 bits per heavy atom. The maximum atomic E-state index is 11.3. The van der Waals surface area contributed by atoms with Gasteiger partial charge in [0.05, 0.1) is 6.10 Å². The summed E-state index contributed by atoms with van der Waals surface area (Å²) in [4.78, 5) is 11.3. The summed E-state index contributed by atoms with van der Waals surface area (Å²) in [6.07, 6.45) is 3.92. The zero-order valence-electron chi connectivity index (χ0n) is 9.44. The molecule has 0 aliphatic carbocycles. The lowest BCUT2D eigenvalue weighted by Gasteiger charge is -2.07. The minimum atomic E-state index is -0.315. The number of hydrogen-bond donors (Lipinski definition) is 0. The monoisotopic (exact) mass is 238 g/mol. The smallest absolute Gasteiger partial charge is 0.331 e. The van der Waals surface area contributed by atoms with Crippen LogP contribution < -0.4 is 0 Å². The highest BCUT2D eigenvalue weighted by Crippen LogP contribution is 2.10. The topological polar surface area (TPSA) is 26.3 Å². The molecule has 0 saturated carbocycles. The lowest BCUT2D eigenvalue weighted by molar-refractivity contribution is -0.142. The number of ether oxygens (including phenoxy) is 1. The van der Waals surface area contributed by atoms with Gasteiger partial charge in [-0.3, -0.25) is 0 Å². The number of carbonyl (C=O) groups is 1. The van der Waals surface area contributed by atoms with Crippen molar-refractivity contribution in [3.63, 3.8) is 0 Å². The van der Waals surface area contributed by atoms with E-state index in [1.807, 2.05) is 26.0 Å². The first-order valence-electron chi connectivity index (χ1n) is 5.26. The standard InChI is InChI=1S/C13H15ClO2/c1-3-10(2)16-13(15)9-6-11-4-7-12(14)8-5-11/h4-10H,3H2,1-2H3. The summed E-state index contributed by atoms with van der Waals surface area (Å²) in [7, 11) is 0. The van der Waals surface area contributed by atoms with Gasteiger partial charge in [0.1, 0.15) is 0 Å². The molecule has 1 aromatic rings. The molecule has 2 nitrogen and oxygen atoms in total. The largest absolute Gasteiger partial charge is 0.460 e. The zero-order chi connectivity index (χ0) is 12.0. The molecule has 0 bridgehead atoms. The van der Waals surface area contributed by atoms with E-state index in [9.17, 15) is 4.79 Å². The minimum absolute atomic E-state index is 0.0395. The number of rotatable bonds is 4. The predicted octanol–water partition coefficient (Wildman–Crippen LogP) is 3.69. The molecule has 3 heteroatoms. The van der Waals surface area contributed by atoms with Crippen LogP contribution in [-0.4, -0.2) is 12.1 Å². The van der Waals surface area contributed by atoms with E-state index in [-0.39, 0.29) is 12.1 Å². The van der Waals surface area contributed by atoms with Crippen molar-refractivity contribution in [3.8, 4) is 0 Å². The minimum Gasteiger partial charge on any atom is -0.460 e. The van der Waals surface area contributed by atoms with Gasteiger partial charge in [-0.1, -0.05) is 30.7 Å². The SMILES string of the molecule is CCC(C)OC(=O)C=Cc1ccc(Cl)cc1. The van der Waals surface area contributed by atoms with Gasteiger partial charge in [-0.2, -0.15) is 0 Å². The normalized spacial score (nSPS) is 12.7. The van der Waals surface area contributed by atoms with E-state index in [0.717, 1.165) is 12.0 Å². The molecule has 0 saturated heterocycles. The molecule has 0 radical (unpaired) electrons. The molecular weight excluding hydrogens is 224 g/mol. The quantitative estimate of drug-likeness (QED) is 0.591. The van der Waals surface area contributed by atoms with Crippen molar-refractivity contribution < 1.29 is 9.53 Å². The van der Waals surface area contributed by atoms with Crippen molar-refractivity contribution in [2.45, 2.75) is 26.4 Å². The highest BCUT2D eigenvalue weighted by molar-refractivity contribution is 6.30. The van der Waals surface area contributed by atoms with Gasteiger partial charge in [0.25, 0.3) is 0 Å². The van der Waals surface area contributed by atoms with E-state index in [1.54, 1.807) is 18.2 Å². The summed E-state index contributed by atoms with van der Waals surface area (Å²) in [5.41, 5.74) is 0.922. The van der Waals surface area contributed by atoms with Crippen LogP contribution in [0.1, 0.15) is 25.8 Å². The molecule has 0 aliphatic rings. The first kappa shape index (κ1) is 12.8. The van der Waals surface area contributed by atoms with Crippen molar-refractivity contribution in [3.05, 3.63) is 40.9 Å². The lowest BCUT2D eigenvalue weighted by Crippen LogP contribution is -2.11. The van der Waals surface area contributed by atoms with E-state index in [0.29, 0.717) is 5.02 Å². The summed E-state index contributed by atoms with van der Waals surface area (Å²) < 4.78 is 5.09. The average molecular weight is 239 g/mol. The fourth-order valence-electron chi connectivity index (χ4n) is 1.06. The average Bonchev–Trinajstić information content (AvgIpc) is 2.28. The third kappa shape index (κ3) is 4.49. The Morgan fingerprint density at radius 1 is 1.44 bits per heavy atom. The van der Waals surface area contributed by atoms with E-state index in [2.05, 4.69) is 0 Å². The third-order valence-electron chi connectivity index (χ3n) is 2.17. The highest BCUT2D eigenvalue weighted by atomic mass is 35.5. The fourth-order valence-corrected chi connectivity index (χ4v) is 1.19. The Labute approximate surface area is 101 Å². The van der Waals surface area contributed by atoms with Crippen LogP contribution in [0.3, 0.4) is 0 Å². The van der Waals surface area contributed by atoms with Crippen molar-refractivity contribution in [2.75, 3.05) is 0 Å². The van der Waals surface area contributed by atoms with Crippen molar-refractivity contribution in [2.24, 2.45) is 0 Å². The Kier molecular flexibility index (Phi) is 5.06. The molecule has 1 atom stereocenters. The van der Waals surface area contributed by atoms with Crippen molar-refractivity contribution in [1.29, 1.82) is 0 Å². The van der Waals surface area contributed by atoms with Gasteiger partial charge in [-0.15, -0.1) is 0 Å². The van der Waals surface area contributed by atoms with Gasteiger partial charge in [-0.05, 0) is 37.1 Å². The molecule has 0 heterocycles. The first-order chi connectivity index (χ1) is 7.61. The second kappa shape index (κ2) is 6.33. The van der Waals surface area contributed by atoms with E-state index >= 15 is 0 Å². The molecular formula is C13H15ClO2. The van der Waals surface area contributed by atoms with Crippen molar-refractivity contribution >= 4 is 23.6 Å². The molecule has 0 spiro atoms. The van der Waals surface area contributed by atoms with Gasteiger partial charge >= 0.3 is 5.97 Å². The second-order valence-electron chi connectivity index (χ2n) is 3.54. The van der Waals surface area contributed by atoms with E-state index in [1.165, 1.54) is 6.08 Å². The predicted molar refractivity (Wildman–Crippen MR) is 66.3 cm³/mol. The zero-order valence-corrected chi connectivity index (χ0v) is 10.2. The van der Waals surface area contributed by atoms with Gasteiger partial charge < -0.3 is 4.74 Å². The number of halogens is 1. The maximum Gasteiger partial charge on any atom is 0.331 e. The second-order valence-corrected chi connectivity index (χ2v) is 3.98.